The summed E-state index contributed by atoms with van der Waals surface area (Å²) in [5, 5.41) is 10.6. The molecule has 0 aliphatic heterocycles. The van der Waals surface area contributed by atoms with Gasteiger partial charge in [-0.05, 0) is 54.3 Å². The lowest BCUT2D eigenvalue weighted by molar-refractivity contribution is -0.123. The van der Waals surface area contributed by atoms with Crippen LogP contribution in [-0.4, -0.2) is 54.7 Å². The molecule has 7 aromatic rings. The van der Waals surface area contributed by atoms with E-state index in [4.69, 9.17) is 16.6 Å². The Bertz CT molecular complexity index is 3190. The number of halogens is 8. The van der Waals surface area contributed by atoms with Crippen LogP contribution >= 0.6 is 11.6 Å². The zero-order valence-corrected chi connectivity index (χ0v) is 33.5. The number of carbonyl (C=O) groups is 1. The van der Waals surface area contributed by atoms with Gasteiger partial charge in [-0.15, -0.1) is 0 Å². The van der Waals surface area contributed by atoms with Crippen molar-refractivity contribution in [2.75, 3.05) is 11.0 Å². The molecule has 0 spiro atoms. The molecule has 0 radical (unpaired) electrons. The van der Waals surface area contributed by atoms with Gasteiger partial charge in [0.2, 0.25) is 15.9 Å². The van der Waals surface area contributed by atoms with Gasteiger partial charge in [-0.25, -0.2) is 40.3 Å². The van der Waals surface area contributed by atoms with Crippen molar-refractivity contribution in [3.63, 3.8) is 0 Å². The van der Waals surface area contributed by atoms with Crippen LogP contribution in [0.5, 0.6) is 0 Å². The van der Waals surface area contributed by atoms with Crippen molar-refractivity contribution in [2.45, 2.75) is 43.7 Å². The van der Waals surface area contributed by atoms with Crippen molar-refractivity contribution in [1.82, 2.24) is 39.4 Å². The van der Waals surface area contributed by atoms with Gasteiger partial charge < -0.3 is 5.32 Å². The van der Waals surface area contributed by atoms with E-state index in [1.807, 2.05) is 0 Å². The number of benzene rings is 3. The molecule has 1 amide bonds. The van der Waals surface area contributed by atoms with Gasteiger partial charge in [0.15, 0.2) is 11.3 Å². The molecule has 2 aliphatic carbocycles. The highest BCUT2D eigenvalue weighted by molar-refractivity contribution is 7.92. The Balaban J connectivity index is 1.26. The minimum absolute atomic E-state index is 0.0107. The van der Waals surface area contributed by atoms with Gasteiger partial charge in [0, 0.05) is 48.3 Å². The molecule has 3 atom stereocenters. The maximum absolute atomic E-state index is 15.5. The molecule has 3 aromatic carbocycles. The van der Waals surface area contributed by atoms with Gasteiger partial charge in [-0.1, -0.05) is 29.8 Å². The number of hydrogen-bond acceptors (Lipinski definition) is 8. The van der Waals surface area contributed by atoms with Gasteiger partial charge in [0.05, 0.1) is 39.4 Å². The standard InChI is InChI=1S/C40H29ClF7N9O4S/c1-55-34-28(8-7-24(41)31(34)37(53-55)54-62(2,60)61)57-38(51-26-12-18(15-49-32(26)39(57)59)21-5-3-4-6-25(21)44)27(11-17-9-19(42)13-20(43)10-17)50-29(58)16-56-35-30(33(52-56)36(45)46)22-14-23(22)40(35,47)48/h3-10,12-13,15,22-23,27,36H,11,14,16H2,1-2H3,(H,50,58)(H,53,54)/t22-,23+,27-/m0/s1. The van der Waals surface area contributed by atoms with Crippen LogP contribution < -0.4 is 15.6 Å². The molecule has 1 saturated carbocycles. The Labute approximate surface area is 350 Å². The first-order chi connectivity index (χ1) is 29.3. The second-order valence-electron chi connectivity index (χ2n) is 15.1. The Hall–Kier alpha value is -6.35. The molecule has 22 heteroatoms. The molecule has 4 heterocycles. The van der Waals surface area contributed by atoms with Crippen LogP contribution in [0.4, 0.5) is 36.6 Å². The monoisotopic (exact) mass is 899 g/mol. The number of nitrogens with zero attached hydrogens (tertiary/aromatic N) is 7. The first-order valence-electron chi connectivity index (χ1n) is 18.6. The Kier molecular flexibility index (Phi) is 9.69. The third-order valence-electron chi connectivity index (χ3n) is 10.8. The molecule has 2 N–H and O–H groups in total. The van der Waals surface area contributed by atoms with Crippen molar-refractivity contribution < 1.29 is 43.9 Å². The Morgan fingerprint density at radius 2 is 1.76 bits per heavy atom. The number of carbonyl (C=O) groups excluding carboxylic acids is 1. The van der Waals surface area contributed by atoms with E-state index in [2.05, 4.69) is 25.2 Å². The van der Waals surface area contributed by atoms with Crippen molar-refractivity contribution in [1.29, 1.82) is 0 Å². The van der Waals surface area contributed by atoms with E-state index in [0.29, 0.717) is 10.7 Å². The number of anilines is 1. The Morgan fingerprint density at radius 3 is 2.45 bits per heavy atom. The highest BCUT2D eigenvalue weighted by atomic mass is 35.5. The summed E-state index contributed by atoms with van der Waals surface area (Å²) in [4.78, 5) is 38.1. The smallest absolute Gasteiger partial charge is 0.293 e. The summed E-state index contributed by atoms with van der Waals surface area (Å²) >= 11 is 6.59. The summed E-state index contributed by atoms with van der Waals surface area (Å²) in [7, 11) is -2.53. The van der Waals surface area contributed by atoms with Gasteiger partial charge in [-0.3, -0.25) is 28.2 Å². The number of rotatable bonds is 11. The number of amides is 1. The Morgan fingerprint density at radius 1 is 1.03 bits per heavy atom. The van der Waals surface area contributed by atoms with Crippen molar-refractivity contribution in [3.8, 4) is 16.8 Å². The van der Waals surface area contributed by atoms with Crippen LogP contribution in [0.2, 0.25) is 5.02 Å². The van der Waals surface area contributed by atoms with Crippen LogP contribution in [0, 0.1) is 23.4 Å². The summed E-state index contributed by atoms with van der Waals surface area (Å²) in [6, 6.07) is 10.6. The fourth-order valence-electron chi connectivity index (χ4n) is 8.31. The largest absolute Gasteiger partial charge is 0.344 e. The molecule has 62 heavy (non-hydrogen) atoms. The molecule has 13 nitrogen and oxygen atoms in total. The number of hydrogen-bond donors (Lipinski definition) is 2. The molecule has 4 aromatic heterocycles. The molecule has 0 bridgehead atoms. The maximum Gasteiger partial charge on any atom is 0.293 e. The number of aromatic nitrogens is 7. The number of aryl methyl sites for hydroxylation is 1. The lowest BCUT2D eigenvalue weighted by Crippen LogP contribution is -2.38. The van der Waals surface area contributed by atoms with Crippen LogP contribution in [0.3, 0.4) is 0 Å². The summed E-state index contributed by atoms with van der Waals surface area (Å²) in [5.74, 6) is -10.0. The second kappa shape index (κ2) is 14.6. The second-order valence-corrected chi connectivity index (χ2v) is 17.3. The van der Waals surface area contributed by atoms with E-state index in [1.54, 1.807) is 6.07 Å². The normalized spacial score (nSPS) is 17.1. The molecular formula is C40H29ClF7N9O4S. The number of pyridine rings is 1. The molecule has 320 valence electrons. The van der Waals surface area contributed by atoms with Crippen LogP contribution in [0.15, 0.2) is 71.7 Å². The van der Waals surface area contributed by atoms with E-state index in [0.717, 1.165) is 23.0 Å². The number of fused-ring (bicyclic) bond motifs is 5. The number of alkyl halides is 4. The van der Waals surface area contributed by atoms with Crippen LogP contribution in [-0.2, 0) is 40.8 Å². The molecule has 2 aliphatic rings. The van der Waals surface area contributed by atoms with Crippen molar-refractivity contribution in [2.24, 2.45) is 13.0 Å². The molecule has 9 rings (SSSR count). The third-order valence-corrected chi connectivity index (χ3v) is 11.7. The third kappa shape index (κ3) is 7.01. The van der Waals surface area contributed by atoms with E-state index in [9.17, 15) is 35.6 Å². The van der Waals surface area contributed by atoms with E-state index in [-0.39, 0.29) is 73.0 Å². The van der Waals surface area contributed by atoms with Gasteiger partial charge >= 0.3 is 0 Å². The van der Waals surface area contributed by atoms with Gasteiger partial charge in [0.25, 0.3) is 17.9 Å². The maximum atomic E-state index is 15.5. The number of sulfonamides is 1. The first kappa shape index (κ1) is 41.0. The predicted molar refractivity (Wildman–Crippen MR) is 211 cm³/mol. The molecular weight excluding hydrogens is 871 g/mol. The van der Waals surface area contributed by atoms with Crippen LogP contribution in [0.25, 0.3) is 38.8 Å². The first-order valence-corrected chi connectivity index (χ1v) is 20.9. The zero-order chi connectivity index (χ0) is 44.2. The highest BCUT2D eigenvalue weighted by Gasteiger charge is 2.67. The minimum atomic E-state index is -3.94. The fraction of sp³-hybridized carbons (Fsp3) is 0.250. The lowest BCUT2D eigenvalue weighted by atomic mass is 10.0. The average molecular weight is 900 g/mol. The van der Waals surface area contributed by atoms with Crippen molar-refractivity contribution in [3.05, 3.63) is 128 Å². The quantitative estimate of drug-likeness (QED) is 0.129. The average Bonchev–Trinajstić information content (AvgIpc) is 3.73. The van der Waals surface area contributed by atoms with Gasteiger partial charge in [0.1, 0.15) is 41.2 Å². The molecule has 1 fully saturated rings. The van der Waals surface area contributed by atoms with E-state index in [1.165, 1.54) is 54.3 Å². The lowest BCUT2D eigenvalue weighted by Gasteiger charge is -2.24. The van der Waals surface area contributed by atoms with Crippen LogP contribution in [0.1, 0.15) is 53.1 Å². The SMILES string of the molecule is Cn1nc(NS(C)(=O)=O)c2c(Cl)ccc(-n3c([C@H](Cc4cc(F)cc(F)c4)NC(=O)Cn4nc(C(F)F)c5c4C(F)(F)[C@@H]4C[C@H]54)nc4cc(-c5ccccc5F)cnc4c3=O)c21. The summed E-state index contributed by atoms with van der Waals surface area (Å²) < 4.78 is 133. The summed E-state index contributed by atoms with van der Waals surface area (Å²) in [6.07, 6.45) is -1.67. The predicted octanol–water partition coefficient (Wildman–Crippen LogP) is 7.22. The van der Waals surface area contributed by atoms with E-state index < -0.39 is 93.5 Å². The van der Waals surface area contributed by atoms with Gasteiger partial charge in [-0.2, -0.15) is 19.0 Å². The summed E-state index contributed by atoms with van der Waals surface area (Å²) in [6.45, 7) is -1.03. The molecule has 0 saturated heterocycles. The minimum Gasteiger partial charge on any atom is -0.344 e. The molecule has 0 unspecified atom stereocenters. The topological polar surface area (TPSA) is 159 Å². The van der Waals surface area contributed by atoms with Crippen molar-refractivity contribution >= 4 is 55.3 Å². The fourth-order valence-corrected chi connectivity index (χ4v) is 9.04. The zero-order valence-electron chi connectivity index (χ0n) is 32.0. The number of nitrogens with one attached hydrogen (secondary N) is 2. The summed E-state index contributed by atoms with van der Waals surface area (Å²) in [5.41, 5.74) is -3.20. The van der Waals surface area contributed by atoms with E-state index >= 15 is 13.2 Å². The highest BCUT2D eigenvalue weighted by Crippen LogP contribution is 2.68.